The Hall–Kier alpha value is -2.90. The molecule has 0 aliphatic rings. The van der Waals surface area contributed by atoms with Crippen LogP contribution in [0.5, 0.6) is 0 Å². The summed E-state index contributed by atoms with van der Waals surface area (Å²) in [7, 11) is 0. The van der Waals surface area contributed by atoms with Gasteiger partial charge in [0.15, 0.2) is 0 Å². The molecule has 0 saturated carbocycles. The van der Waals surface area contributed by atoms with Gasteiger partial charge in [0.2, 0.25) is 0 Å². The zero-order chi connectivity index (χ0) is 19.4. The molecular formula is C19H12ClFN2O3S. The van der Waals surface area contributed by atoms with Crippen LogP contribution in [0, 0.1) is 15.9 Å². The second-order valence-corrected chi connectivity index (χ2v) is 6.92. The summed E-state index contributed by atoms with van der Waals surface area (Å²) < 4.78 is 13.0. The zero-order valence-electron chi connectivity index (χ0n) is 13.7. The first-order chi connectivity index (χ1) is 12.9. The van der Waals surface area contributed by atoms with E-state index >= 15 is 0 Å². The number of hydrogen-bond acceptors (Lipinski definition) is 4. The molecule has 0 spiro atoms. The van der Waals surface area contributed by atoms with Gasteiger partial charge in [0.05, 0.1) is 15.5 Å². The normalized spacial score (nSPS) is 10.4. The Labute approximate surface area is 163 Å². The summed E-state index contributed by atoms with van der Waals surface area (Å²) in [4.78, 5) is 24.1. The maximum Gasteiger partial charge on any atom is 0.270 e. The number of nitro groups is 1. The summed E-state index contributed by atoms with van der Waals surface area (Å²) in [6.45, 7) is 0. The Morgan fingerprint density at radius 1 is 1.04 bits per heavy atom. The van der Waals surface area contributed by atoms with Crippen molar-refractivity contribution in [2.24, 2.45) is 0 Å². The van der Waals surface area contributed by atoms with Gasteiger partial charge in [0, 0.05) is 27.6 Å². The molecule has 3 aromatic carbocycles. The van der Waals surface area contributed by atoms with Gasteiger partial charge in [0.1, 0.15) is 5.82 Å². The molecule has 8 heteroatoms. The van der Waals surface area contributed by atoms with Gasteiger partial charge in [0.25, 0.3) is 11.6 Å². The maximum atomic E-state index is 13.0. The monoisotopic (exact) mass is 402 g/mol. The van der Waals surface area contributed by atoms with E-state index in [0.29, 0.717) is 21.0 Å². The maximum absolute atomic E-state index is 13.0. The van der Waals surface area contributed by atoms with Crippen LogP contribution in [0.25, 0.3) is 0 Å². The third-order valence-corrected chi connectivity index (χ3v) is 5.16. The molecule has 0 aliphatic heterocycles. The minimum absolute atomic E-state index is 0.105. The second-order valence-electron chi connectivity index (χ2n) is 5.43. The molecule has 136 valence electrons. The van der Waals surface area contributed by atoms with E-state index in [-0.39, 0.29) is 16.6 Å². The number of nitrogens with zero attached hydrogens (tertiary/aromatic N) is 1. The Morgan fingerprint density at radius 3 is 2.41 bits per heavy atom. The van der Waals surface area contributed by atoms with Gasteiger partial charge < -0.3 is 5.32 Å². The lowest BCUT2D eigenvalue weighted by Gasteiger charge is -2.11. The molecule has 0 fully saturated rings. The van der Waals surface area contributed by atoms with Crippen LogP contribution in [0.4, 0.5) is 15.8 Å². The minimum Gasteiger partial charge on any atom is -0.322 e. The Morgan fingerprint density at radius 2 is 1.74 bits per heavy atom. The predicted molar refractivity (Wildman–Crippen MR) is 103 cm³/mol. The van der Waals surface area contributed by atoms with E-state index in [9.17, 15) is 19.3 Å². The van der Waals surface area contributed by atoms with Crippen LogP contribution in [0.2, 0.25) is 5.02 Å². The molecule has 1 amide bonds. The third kappa shape index (κ3) is 4.64. The molecule has 5 nitrogen and oxygen atoms in total. The fourth-order valence-corrected chi connectivity index (χ4v) is 3.52. The number of benzene rings is 3. The quantitative estimate of drug-likeness (QED) is 0.433. The van der Waals surface area contributed by atoms with Crippen molar-refractivity contribution in [2.45, 2.75) is 9.79 Å². The number of nitro benzene ring substituents is 1. The summed E-state index contributed by atoms with van der Waals surface area (Å²) in [5.74, 6) is -0.750. The first kappa shape index (κ1) is 18.9. The standard InChI is InChI=1S/C19H12ClFN2O3S/c20-16-11-14(23(25)26)9-10-18(16)27-17-4-2-1-3-15(17)19(24)22-13-7-5-12(21)6-8-13/h1-11H,(H,22,24). The molecule has 0 saturated heterocycles. The van der Waals surface area contributed by atoms with Crippen molar-refractivity contribution in [2.75, 3.05) is 5.32 Å². The molecule has 27 heavy (non-hydrogen) atoms. The number of non-ortho nitro benzene ring substituents is 1. The van der Waals surface area contributed by atoms with Gasteiger partial charge in [-0.3, -0.25) is 14.9 Å². The van der Waals surface area contributed by atoms with Gasteiger partial charge in [-0.05, 0) is 42.5 Å². The van der Waals surface area contributed by atoms with E-state index in [4.69, 9.17) is 11.6 Å². The lowest BCUT2D eigenvalue weighted by molar-refractivity contribution is -0.384. The molecule has 3 aromatic rings. The Balaban J connectivity index is 1.84. The molecule has 0 atom stereocenters. The van der Waals surface area contributed by atoms with Crippen molar-refractivity contribution in [3.05, 3.63) is 93.2 Å². The van der Waals surface area contributed by atoms with Crippen molar-refractivity contribution < 1.29 is 14.1 Å². The van der Waals surface area contributed by atoms with E-state index in [1.54, 1.807) is 30.3 Å². The highest BCUT2D eigenvalue weighted by Crippen LogP contribution is 2.37. The van der Waals surface area contributed by atoms with E-state index < -0.39 is 10.7 Å². The van der Waals surface area contributed by atoms with Crippen LogP contribution < -0.4 is 5.32 Å². The number of nitrogens with one attached hydrogen (secondary N) is 1. The second kappa shape index (κ2) is 8.20. The molecule has 0 heterocycles. The number of carbonyl (C=O) groups is 1. The lowest BCUT2D eigenvalue weighted by Crippen LogP contribution is -2.12. The average Bonchev–Trinajstić information content (AvgIpc) is 2.65. The van der Waals surface area contributed by atoms with Gasteiger partial charge in [-0.15, -0.1) is 0 Å². The summed E-state index contributed by atoms with van der Waals surface area (Å²) >= 11 is 7.37. The van der Waals surface area contributed by atoms with Crippen molar-refractivity contribution in [1.29, 1.82) is 0 Å². The number of carbonyl (C=O) groups excluding carboxylic acids is 1. The highest BCUT2D eigenvalue weighted by atomic mass is 35.5. The van der Waals surface area contributed by atoms with Crippen LogP contribution in [-0.2, 0) is 0 Å². The van der Waals surface area contributed by atoms with Crippen molar-refractivity contribution in [3.63, 3.8) is 0 Å². The fourth-order valence-electron chi connectivity index (χ4n) is 2.28. The number of anilines is 1. The summed E-state index contributed by atoms with van der Waals surface area (Å²) in [5, 5.41) is 13.8. The Bertz CT molecular complexity index is 1010. The minimum atomic E-state index is -0.523. The zero-order valence-corrected chi connectivity index (χ0v) is 15.3. The van der Waals surface area contributed by atoms with E-state index in [1.807, 2.05) is 0 Å². The highest BCUT2D eigenvalue weighted by molar-refractivity contribution is 7.99. The van der Waals surface area contributed by atoms with Crippen LogP contribution in [0.15, 0.2) is 76.5 Å². The lowest BCUT2D eigenvalue weighted by atomic mass is 10.2. The number of hydrogen-bond donors (Lipinski definition) is 1. The topological polar surface area (TPSA) is 72.2 Å². The molecule has 0 aliphatic carbocycles. The largest absolute Gasteiger partial charge is 0.322 e. The number of halogens is 2. The molecule has 0 radical (unpaired) electrons. The smallest absolute Gasteiger partial charge is 0.270 e. The molecule has 3 rings (SSSR count). The molecule has 0 aromatic heterocycles. The van der Waals surface area contributed by atoms with Gasteiger partial charge in [-0.2, -0.15) is 0 Å². The van der Waals surface area contributed by atoms with Gasteiger partial charge in [-0.1, -0.05) is 35.5 Å². The summed E-state index contributed by atoms with van der Waals surface area (Å²) in [6, 6.07) is 16.5. The van der Waals surface area contributed by atoms with Crippen LogP contribution in [0.1, 0.15) is 10.4 Å². The molecular weight excluding hydrogens is 391 g/mol. The number of amides is 1. The van der Waals surface area contributed by atoms with Crippen molar-refractivity contribution in [1.82, 2.24) is 0 Å². The SMILES string of the molecule is O=C(Nc1ccc(F)cc1)c1ccccc1Sc1ccc([N+](=O)[O-])cc1Cl. The first-order valence-electron chi connectivity index (χ1n) is 7.72. The van der Waals surface area contributed by atoms with Gasteiger partial charge in [-0.25, -0.2) is 4.39 Å². The fraction of sp³-hybridized carbons (Fsp3) is 0. The first-order valence-corrected chi connectivity index (χ1v) is 8.91. The van der Waals surface area contributed by atoms with Crippen LogP contribution >= 0.6 is 23.4 Å². The highest BCUT2D eigenvalue weighted by Gasteiger charge is 2.15. The summed E-state index contributed by atoms with van der Waals surface area (Å²) in [5.41, 5.74) is 0.766. The van der Waals surface area contributed by atoms with Gasteiger partial charge >= 0.3 is 0 Å². The predicted octanol–water partition coefficient (Wildman–Crippen LogP) is 5.79. The van der Waals surface area contributed by atoms with Crippen molar-refractivity contribution >= 4 is 40.6 Å². The summed E-state index contributed by atoms with van der Waals surface area (Å²) in [6.07, 6.45) is 0. The third-order valence-electron chi connectivity index (χ3n) is 3.58. The van der Waals surface area contributed by atoms with E-state index in [1.165, 1.54) is 48.2 Å². The van der Waals surface area contributed by atoms with E-state index in [0.717, 1.165) is 0 Å². The Kier molecular flexibility index (Phi) is 5.73. The van der Waals surface area contributed by atoms with Crippen LogP contribution in [-0.4, -0.2) is 10.8 Å². The average molecular weight is 403 g/mol. The number of rotatable bonds is 5. The van der Waals surface area contributed by atoms with Crippen LogP contribution in [0.3, 0.4) is 0 Å². The van der Waals surface area contributed by atoms with E-state index in [2.05, 4.69) is 5.32 Å². The van der Waals surface area contributed by atoms with Crippen molar-refractivity contribution in [3.8, 4) is 0 Å². The molecule has 1 N–H and O–H groups in total. The molecule has 0 bridgehead atoms. The molecule has 0 unspecified atom stereocenters.